The Balaban J connectivity index is 1.60. The van der Waals surface area contributed by atoms with Crippen LogP contribution in [0.25, 0.3) is 0 Å². The van der Waals surface area contributed by atoms with Crippen LogP contribution in [0.5, 0.6) is 0 Å². The third-order valence-electron chi connectivity index (χ3n) is 5.53. The summed E-state index contributed by atoms with van der Waals surface area (Å²) in [5.41, 5.74) is 3.03. The fourth-order valence-electron chi connectivity index (χ4n) is 4.20. The van der Waals surface area contributed by atoms with Crippen LogP contribution in [0.3, 0.4) is 0 Å². The summed E-state index contributed by atoms with van der Waals surface area (Å²) in [4.78, 5) is 15.0. The number of aryl methyl sites for hydroxylation is 1. The van der Waals surface area contributed by atoms with E-state index >= 15 is 0 Å². The van der Waals surface area contributed by atoms with E-state index in [1.807, 2.05) is 30.3 Å². The van der Waals surface area contributed by atoms with Gasteiger partial charge >= 0.3 is 0 Å². The minimum atomic E-state index is -0.760. The number of nitrogens with zero attached hydrogens (tertiary/aromatic N) is 2. The van der Waals surface area contributed by atoms with Gasteiger partial charge in [0, 0.05) is 17.8 Å². The van der Waals surface area contributed by atoms with E-state index < -0.39 is 5.60 Å². The minimum Gasteiger partial charge on any atom is -0.388 e. The van der Waals surface area contributed by atoms with Crippen LogP contribution in [0.2, 0.25) is 0 Å². The second-order valence-corrected chi connectivity index (χ2v) is 7.46. The molecule has 25 heavy (non-hydrogen) atoms. The van der Waals surface area contributed by atoms with Crippen molar-refractivity contribution in [2.24, 2.45) is 0 Å². The molecule has 1 saturated carbocycles. The first kappa shape index (κ1) is 16.3. The maximum atomic E-state index is 13.2. The number of benzene rings is 1. The lowest BCUT2D eigenvalue weighted by Crippen LogP contribution is -2.44. The molecule has 1 fully saturated rings. The summed E-state index contributed by atoms with van der Waals surface area (Å²) in [6, 6.07) is 9.98. The van der Waals surface area contributed by atoms with Crippen LogP contribution in [0, 0.1) is 0 Å². The van der Waals surface area contributed by atoms with Crippen LogP contribution in [-0.4, -0.2) is 38.3 Å². The lowest BCUT2D eigenvalue weighted by atomic mass is 10.0. The molecule has 4 rings (SSSR count). The predicted octanol–water partition coefficient (Wildman–Crippen LogP) is 2.85. The molecule has 1 amide bonds. The molecular formula is C20H25N3O2. The van der Waals surface area contributed by atoms with E-state index in [1.165, 1.54) is 0 Å². The van der Waals surface area contributed by atoms with E-state index in [4.69, 9.17) is 0 Å². The summed E-state index contributed by atoms with van der Waals surface area (Å²) in [5.74, 6) is -0.0661. The molecule has 5 nitrogen and oxygen atoms in total. The highest BCUT2D eigenvalue weighted by atomic mass is 16.3. The van der Waals surface area contributed by atoms with Crippen molar-refractivity contribution in [2.45, 2.75) is 57.1 Å². The fraction of sp³-hybridized carbons (Fsp3) is 0.500. The molecule has 0 unspecified atom stereocenters. The molecule has 2 aromatic rings. The van der Waals surface area contributed by atoms with E-state index in [-0.39, 0.29) is 5.91 Å². The van der Waals surface area contributed by atoms with Gasteiger partial charge in [0.2, 0.25) is 0 Å². The standard InChI is InChI=1S/C20H25N3O2/c24-19(18-16-9-6-10-17(16)21-22-18)23(13-15-7-2-1-3-8-15)14-20(25)11-4-5-12-20/h1-3,7-8,25H,4-6,9-14H2,(H,21,22). The van der Waals surface area contributed by atoms with Gasteiger partial charge in [0.1, 0.15) is 0 Å². The quantitative estimate of drug-likeness (QED) is 0.880. The second kappa shape index (κ2) is 6.64. The number of aromatic amines is 1. The molecule has 0 spiro atoms. The third kappa shape index (κ3) is 3.33. The molecule has 0 atom stereocenters. The molecule has 1 aromatic carbocycles. The molecule has 2 N–H and O–H groups in total. The Labute approximate surface area is 148 Å². The van der Waals surface area contributed by atoms with Gasteiger partial charge in [0.25, 0.3) is 5.91 Å². The molecule has 0 radical (unpaired) electrons. The Bertz CT molecular complexity index is 748. The van der Waals surface area contributed by atoms with E-state index in [0.29, 0.717) is 18.8 Å². The number of aliphatic hydroxyl groups is 1. The van der Waals surface area contributed by atoms with Crippen LogP contribution >= 0.6 is 0 Å². The number of nitrogens with one attached hydrogen (secondary N) is 1. The van der Waals surface area contributed by atoms with Crippen molar-refractivity contribution in [3.63, 3.8) is 0 Å². The molecule has 132 valence electrons. The largest absolute Gasteiger partial charge is 0.388 e. The number of fused-ring (bicyclic) bond motifs is 1. The lowest BCUT2D eigenvalue weighted by molar-refractivity contribution is 0.00760. The van der Waals surface area contributed by atoms with Crippen LogP contribution in [0.4, 0.5) is 0 Å². The maximum absolute atomic E-state index is 13.2. The van der Waals surface area contributed by atoms with Crippen molar-refractivity contribution in [3.05, 3.63) is 52.8 Å². The zero-order chi connectivity index (χ0) is 17.3. The van der Waals surface area contributed by atoms with Crippen molar-refractivity contribution in [1.29, 1.82) is 0 Å². The van der Waals surface area contributed by atoms with Crippen molar-refractivity contribution >= 4 is 5.91 Å². The SMILES string of the molecule is O=C(c1n[nH]c2c1CCC2)N(Cc1ccccc1)CC1(O)CCCC1. The molecule has 2 aliphatic rings. The van der Waals surface area contributed by atoms with E-state index in [1.54, 1.807) is 4.90 Å². The summed E-state index contributed by atoms with van der Waals surface area (Å²) in [7, 11) is 0. The fourth-order valence-corrected chi connectivity index (χ4v) is 4.20. The summed E-state index contributed by atoms with van der Waals surface area (Å²) >= 11 is 0. The van der Waals surface area contributed by atoms with Gasteiger partial charge in [-0.05, 0) is 37.7 Å². The average Bonchev–Trinajstić information content (AvgIpc) is 3.32. The number of rotatable bonds is 5. The van der Waals surface area contributed by atoms with Gasteiger partial charge in [-0.25, -0.2) is 0 Å². The molecule has 5 heteroatoms. The van der Waals surface area contributed by atoms with Crippen LogP contribution in [-0.2, 0) is 19.4 Å². The second-order valence-electron chi connectivity index (χ2n) is 7.46. The van der Waals surface area contributed by atoms with Gasteiger partial charge in [-0.3, -0.25) is 9.89 Å². The lowest BCUT2D eigenvalue weighted by Gasteiger charge is -2.31. The Hall–Kier alpha value is -2.14. The van der Waals surface area contributed by atoms with Crippen molar-refractivity contribution < 1.29 is 9.90 Å². The normalized spacial score (nSPS) is 18.3. The summed E-state index contributed by atoms with van der Waals surface area (Å²) in [5, 5.41) is 18.2. The van der Waals surface area contributed by atoms with Gasteiger partial charge in [-0.1, -0.05) is 43.2 Å². The van der Waals surface area contributed by atoms with Crippen molar-refractivity contribution in [1.82, 2.24) is 15.1 Å². The Morgan fingerprint density at radius 2 is 1.92 bits per heavy atom. The minimum absolute atomic E-state index is 0.0661. The van der Waals surface area contributed by atoms with Gasteiger partial charge in [0.05, 0.1) is 12.1 Å². The first-order valence-corrected chi connectivity index (χ1v) is 9.26. The van der Waals surface area contributed by atoms with Gasteiger partial charge in [0.15, 0.2) is 5.69 Å². The summed E-state index contributed by atoms with van der Waals surface area (Å²) in [6.07, 6.45) is 6.55. The number of amides is 1. The van der Waals surface area contributed by atoms with E-state index in [0.717, 1.165) is 61.8 Å². The highest BCUT2D eigenvalue weighted by Crippen LogP contribution is 2.32. The van der Waals surface area contributed by atoms with Crippen LogP contribution in [0.15, 0.2) is 30.3 Å². The third-order valence-corrected chi connectivity index (χ3v) is 5.53. The number of carbonyl (C=O) groups is 1. The van der Waals surface area contributed by atoms with E-state index in [2.05, 4.69) is 10.2 Å². The number of H-pyrrole nitrogens is 1. The first-order chi connectivity index (χ1) is 12.1. The molecule has 0 bridgehead atoms. The Kier molecular flexibility index (Phi) is 4.34. The highest BCUT2D eigenvalue weighted by molar-refractivity contribution is 5.94. The number of carbonyl (C=O) groups excluding carboxylic acids is 1. The van der Waals surface area contributed by atoms with Gasteiger partial charge < -0.3 is 10.0 Å². The molecular weight excluding hydrogens is 314 g/mol. The predicted molar refractivity (Wildman–Crippen MR) is 95.2 cm³/mol. The molecule has 0 aliphatic heterocycles. The van der Waals surface area contributed by atoms with Gasteiger partial charge in [-0.2, -0.15) is 5.10 Å². The number of aromatic nitrogens is 2. The summed E-state index contributed by atoms with van der Waals surface area (Å²) in [6.45, 7) is 0.881. The van der Waals surface area contributed by atoms with Gasteiger partial charge in [-0.15, -0.1) is 0 Å². The molecule has 0 saturated heterocycles. The summed E-state index contributed by atoms with van der Waals surface area (Å²) < 4.78 is 0. The highest BCUT2D eigenvalue weighted by Gasteiger charge is 2.36. The Morgan fingerprint density at radius 1 is 1.16 bits per heavy atom. The number of hydrogen-bond donors (Lipinski definition) is 2. The monoisotopic (exact) mass is 339 g/mol. The zero-order valence-electron chi connectivity index (χ0n) is 14.5. The van der Waals surface area contributed by atoms with Crippen molar-refractivity contribution in [3.8, 4) is 0 Å². The zero-order valence-corrected chi connectivity index (χ0v) is 14.5. The van der Waals surface area contributed by atoms with E-state index in [9.17, 15) is 9.90 Å². The molecule has 1 heterocycles. The number of hydrogen-bond acceptors (Lipinski definition) is 3. The molecule has 2 aliphatic carbocycles. The smallest absolute Gasteiger partial charge is 0.275 e. The maximum Gasteiger partial charge on any atom is 0.275 e. The topological polar surface area (TPSA) is 69.2 Å². The Morgan fingerprint density at radius 3 is 2.68 bits per heavy atom. The molecule has 1 aromatic heterocycles. The van der Waals surface area contributed by atoms with Crippen LogP contribution in [0.1, 0.15) is 59.4 Å². The average molecular weight is 339 g/mol. The van der Waals surface area contributed by atoms with Crippen LogP contribution < -0.4 is 0 Å². The first-order valence-electron chi connectivity index (χ1n) is 9.26. The van der Waals surface area contributed by atoms with Crippen molar-refractivity contribution in [2.75, 3.05) is 6.54 Å².